The van der Waals surface area contributed by atoms with E-state index in [1.54, 1.807) is 0 Å². The number of carbonyl (C=O) groups excluding carboxylic acids is 1. The number of aromatic nitrogens is 2. The largest absolute Gasteiger partial charge is 0.373 e. The molecule has 0 N–H and O–H groups in total. The zero-order chi connectivity index (χ0) is 13.2. The molecule has 1 unspecified atom stereocenters. The van der Waals surface area contributed by atoms with Gasteiger partial charge in [-0.25, -0.2) is 0 Å². The monoisotopic (exact) mass is 274 g/mol. The van der Waals surface area contributed by atoms with Gasteiger partial charge in [-0.2, -0.15) is 0 Å². The van der Waals surface area contributed by atoms with Crippen LogP contribution in [0, 0.1) is 6.92 Å². The van der Waals surface area contributed by atoms with Gasteiger partial charge in [-0.05, 0) is 36.0 Å². The highest BCUT2D eigenvalue weighted by atomic mass is 32.1. The average Bonchev–Trinajstić information content (AvgIpc) is 2.85. The topological polar surface area (TPSA) is 52.1 Å². The average molecular weight is 274 g/mol. The molecule has 0 radical (unpaired) electrons. The van der Waals surface area contributed by atoms with Gasteiger partial charge in [0.25, 0.3) is 0 Å². The molecule has 5 heteroatoms. The van der Waals surface area contributed by atoms with Crippen molar-refractivity contribution >= 4 is 17.3 Å². The fourth-order valence-corrected chi connectivity index (χ4v) is 3.00. The van der Waals surface area contributed by atoms with Gasteiger partial charge in [-0.3, -0.25) is 4.79 Å². The molecule has 1 aliphatic rings. The minimum atomic E-state index is -0.140. The van der Waals surface area contributed by atoms with Crippen molar-refractivity contribution in [2.75, 3.05) is 6.61 Å². The fraction of sp³-hybridized carbons (Fsp3) is 0.357. The molecule has 0 amide bonds. The van der Waals surface area contributed by atoms with E-state index in [1.165, 1.54) is 5.56 Å². The van der Waals surface area contributed by atoms with Crippen LogP contribution in [-0.4, -0.2) is 22.0 Å². The minimum Gasteiger partial charge on any atom is -0.373 e. The SMILES string of the molecule is Cc1nnsc1C(=O)CC1OCCc2ccccc21. The third-order valence-corrected chi connectivity index (χ3v) is 4.24. The summed E-state index contributed by atoms with van der Waals surface area (Å²) in [7, 11) is 0. The summed E-state index contributed by atoms with van der Waals surface area (Å²) in [4.78, 5) is 12.9. The number of fused-ring (bicyclic) bond motifs is 1. The molecule has 3 rings (SSSR count). The summed E-state index contributed by atoms with van der Waals surface area (Å²) in [6.45, 7) is 2.49. The molecule has 98 valence electrons. The van der Waals surface area contributed by atoms with Gasteiger partial charge in [0.2, 0.25) is 0 Å². The second-order valence-corrected chi connectivity index (χ2v) is 5.38. The highest BCUT2D eigenvalue weighted by Crippen LogP contribution is 2.31. The Labute approximate surface area is 115 Å². The van der Waals surface area contributed by atoms with Gasteiger partial charge >= 0.3 is 0 Å². The lowest BCUT2D eigenvalue weighted by atomic mass is 9.94. The second kappa shape index (κ2) is 5.19. The molecule has 2 heterocycles. The second-order valence-electron chi connectivity index (χ2n) is 4.62. The van der Waals surface area contributed by atoms with E-state index in [4.69, 9.17) is 4.74 Å². The van der Waals surface area contributed by atoms with E-state index in [9.17, 15) is 4.79 Å². The van der Waals surface area contributed by atoms with Crippen LogP contribution in [0.5, 0.6) is 0 Å². The van der Waals surface area contributed by atoms with E-state index >= 15 is 0 Å². The minimum absolute atomic E-state index is 0.0641. The molecule has 0 saturated carbocycles. The van der Waals surface area contributed by atoms with Crippen LogP contribution in [0.1, 0.15) is 39.0 Å². The molecule has 1 aromatic heterocycles. The molecule has 1 atom stereocenters. The first-order valence-corrected chi connectivity index (χ1v) is 7.04. The molecule has 4 nitrogen and oxygen atoms in total. The molecule has 1 aliphatic heterocycles. The molecule has 1 aromatic carbocycles. The predicted octanol–water partition coefficient (Wildman–Crippen LogP) is 2.73. The van der Waals surface area contributed by atoms with Crippen LogP contribution in [0.3, 0.4) is 0 Å². The Kier molecular flexibility index (Phi) is 3.40. The molecule has 0 fully saturated rings. The molecule has 0 aliphatic carbocycles. The molecule has 0 spiro atoms. The normalized spacial score (nSPS) is 18.1. The summed E-state index contributed by atoms with van der Waals surface area (Å²) >= 11 is 1.16. The number of Topliss-reactive ketones (excluding diaryl/α,β-unsaturated/α-hetero) is 1. The van der Waals surface area contributed by atoms with Gasteiger partial charge in [-0.1, -0.05) is 28.8 Å². The number of hydrogen-bond acceptors (Lipinski definition) is 5. The Morgan fingerprint density at radius 3 is 3.11 bits per heavy atom. The van der Waals surface area contributed by atoms with Crippen molar-refractivity contribution < 1.29 is 9.53 Å². The van der Waals surface area contributed by atoms with Crippen LogP contribution in [-0.2, 0) is 11.2 Å². The van der Waals surface area contributed by atoms with Crippen molar-refractivity contribution in [1.82, 2.24) is 9.59 Å². The number of ketones is 1. The van der Waals surface area contributed by atoms with Crippen LogP contribution in [0.2, 0.25) is 0 Å². The first-order chi connectivity index (χ1) is 9.25. The molecule has 0 bridgehead atoms. The van der Waals surface area contributed by atoms with E-state index < -0.39 is 0 Å². The zero-order valence-electron chi connectivity index (χ0n) is 10.6. The van der Waals surface area contributed by atoms with Crippen LogP contribution < -0.4 is 0 Å². The number of rotatable bonds is 3. The lowest BCUT2D eigenvalue weighted by Crippen LogP contribution is -2.19. The van der Waals surface area contributed by atoms with Crippen molar-refractivity contribution in [2.24, 2.45) is 0 Å². The number of ether oxygens (including phenoxy) is 1. The van der Waals surface area contributed by atoms with E-state index in [0.29, 0.717) is 23.6 Å². The number of benzene rings is 1. The number of hydrogen-bond donors (Lipinski definition) is 0. The van der Waals surface area contributed by atoms with Crippen molar-refractivity contribution in [1.29, 1.82) is 0 Å². The van der Waals surface area contributed by atoms with Gasteiger partial charge in [0.15, 0.2) is 5.78 Å². The Morgan fingerprint density at radius 1 is 1.47 bits per heavy atom. The summed E-state index contributed by atoms with van der Waals surface area (Å²) in [5, 5.41) is 3.88. The fourth-order valence-electron chi connectivity index (χ4n) is 2.39. The van der Waals surface area contributed by atoms with E-state index in [1.807, 2.05) is 25.1 Å². The van der Waals surface area contributed by atoms with E-state index in [2.05, 4.69) is 15.7 Å². The highest BCUT2D eigenvalue weighted by Gasteiger charge is 2.25. The summed E-state index contributed by atoms with van der Waals surface area (Å²) in [5.41, 5.74) is 3.13. The first kappa shape index (κ1) is 12.4. The predicted molar refractivity (Wildman–Crippen MR) is 72.4 cm³/mol. The maximum Gasteiger partial charge on any atom is 0.179 e. The molecule has 2 aromatic rings. The third-order valence-electron chi connectivity index (χ3n) is 3.37. The molecule has 0 saturated heterocycles. The zero-order valence-corrected chi connectivity index (χ0v) is 11.4. The van der Waals surface area contributed by atoms with Gasteiger partial charge in [-0.15, -0.1) is 5.10 Å². The number of aryl methyl sites for hydroxylation is 1. The molecular weight excluding hydrogens is 260 g/mol. The summed E-state index contributed by atoms with van der Waals surface area (Å²) in [6.07, 6.45) is 1.14. The highest BCUT2D eigenvalue weighted by molar-refractivity contribution is 7.08. The lowest BCUT2D eigenvalue weighted by Gasteiger charge is -2.25. The quantitative estimate of drug-likeness (QED) is 0.808. The summed E-state index contributed by atoms with van der Waals surface area (Å²) < 4.78 is 9.57. The Bertz CT molecular complexity index is 609. The van der Waals surface area contributed by atoms with Gasteiger partial charge < -0.3 is 4.74 Å². The van der Waals surface area contributed by atoms with E-state index in [-0.39, 0.29) is 11.9 Å². The number of nitrogens with zero attached hydrogens (tertiary/aromatic N) is 2. The first-order valence-electron chi connectivity index (χ1n) is 6.27. The van der Waals surface area contributed by atoms with E-state index in [0.717, 1.165) is 23.5 Å². The van der Waals surface area contributed by atoms with Crippen LogP contribution in [0.25, 0.3) is 0 Å². The van der Waals surface area contributed by atoms with Crippen molar-refractivity contribution in [3.63, 3.8) is 0 Å². The van der Waals surface area contributed by atoms with Crippen LogP contribution >= 0.6 is 11.5 Å². The Balaban J connectivity index is 1.82. The summed E-state index contributed by atoms with van der Waals surface area (Å²) in [6, 6.07) is 8.17. The van der Waals surface area contributed by atoms with Crippen molar-refractivity contribution in [3.8, 4) is 0 Å². The van der Waals surface area contributed by atoms with Crippen LogP contribution in [0.4, 0.5) is 0 Å². The number of carbonyl (C=O) groups is 1. The van der Waals surface area contributed by atoms with Gasteiger partial charge in [0.1, 0.15) is 4.88 Å². The van der Waals surface area contributed by atoms with Crippen LogP contribution in [0.15, 0.2) is 24.3 Å². The molecule has 19 heavy (non-hydrogen) atoms. The maximum absolute atomic E-state index is 12.3. The van der Waals surface area contributed by atoms with Crippen molar-refractivity contribution in [2.45, 2.75) is 25.9 Å². The van der Waals surface area contributed by atoms with Crippen molar-refractivity contribution in [3.05, 3.63) is 46.0 Å². The standard InChI is InChI=1S/C14H14N2O2S/c1-9-14(19-16-15-9)12(17)8-13-11-5-3-2-4-10(11)6-7-18-13/h2-5,13H,6-8H2,1H3. The molecular formula is C14H14N2O2S. The Morgan fingerprint density at radius 2 is 2.32 bits per heavy atom. The summed E-state index contributed by atoms with van der Waals surface area (Å²) in [5.74, 6) is 0.0641. The van der Waals surface area contributed by atoms with Gasteiger partial charge in [0.05, 0.1) is 18.4 Å². The van der Waals surface area contributed by atoms with Gasteiger partial charge in [0, 0.05) is 6.42 Å². The lowest BCUT2D eigenvalue weighted by molar-refractivity contribution is 0.0353. The smallest absolute Gasteiger partial charge is 0.179 e. The third kappa shape index (κ3) is 2.43. The maximum atomic E-state index is 12.3. The Hall–Kier alpha value is -1.59.